The van der Waals surface area contributed by atoms with E-state index in [-0.39, 0.29) is 11.4 Å². The molecule has 0 aliphatic carbocycles. The largest absolute Gasteiger partial charge is 0.240 e. The molecule has 1 N–H and O–H groups in total. The SMILES string of the molecule is Cc1ccc(S(=O)(=O)NCc2ccc(Cl)cc2Cl)cc1C. The van der Waals surface area contributed by atoms with E-state index in [0.29, 0.717) is 15.6 Å². The average Bonchev–Trinajstić information content (AvgIpc) is 2.40. The van der Waals surface area contributed by atoms with E-state index in [1.165, 1.54) is 0 Å². The van der Waals surface area contributed by atoms with Gasteiger partial charge in [-0.1, -0.05) is 35.3 Å². The second-order valence-corrected chi connectivity index (χ2v) is 7.42. The van der Waals surface area contributed by atoms with Crippen LogP contribution < -0.4 is 4.72 Å². The molecule has 6 heteroatoms. The summed E-state index contributed by atoms with van der Waals surface area (Å²) in [6, 6.07) is 10.00. The van der Waals surface area contributed by atoms with Crippen molar-refractivity contribution < 1.29 is 8.42 Å². The summed E-state index contributed by atoms with van der Waals surface area (Å²) in [6.45, 7) is 3.93. The molecule has 3 nitrogen and oxygen atoms in total. The van der Waals surface area contributed by atoms with Crippen LogP contribution in [0.3, 0.4) is 0 Å². The zero-order valence-electron chi connectivity index (χ0n) is 11.7. The van der Waals surface area contributed by atoms with Crippen LogP contribution in [0.2, 0.25) is 10.0 Å². The van der Waals surface area contributed by atoms with E-state index < -0.39 is 10.0 Å². The molecule has 0 amide bonds. The Kier molecular flexibility index (Phi) is 4.94. The molecule has 0 aliphatic rings. The normalized spacial score (nSPS) is 11.6. The Morgan fingerprint density at radius 1 is 1.00 bits per heavy atom. The number of halogens is 2. The first kappa shape index (κ1) is 16.3. The highest BCUT2D eigenvalue weighted by atomic mass is 35.5. The van der Waals surface area contributed by atoms with Crippen molar-refractivity contribution in [3.8, 4) is 0 Å². The second-order valence-electron chi connectivity index (χ2n) is 4.81. The Balaban J connectivity index is 2.19. The number of aryl methyl sites for hydroxylation is 2. The van der Waals surface area contributed by atoms with Gasteiger partial charge in [0.2, 0.25) is 10.0 Å². The number of sulfonamides is 1. The Morgan fingerprint density at radius 3 is 2.33 bits per heavy atom. The molecule has 0 aromatic heterocycles. The summed E-state index contributed by atoms with van der Waals surface area (Å²) in [5.41, 5.74) is 2.66. The van der Waals surface area contributed by atoms with E-state index in [0.717, 1.165) is 11.1 Å². The topological polar surface area (TPSA) is 46.2 Å². The zero-order valence-corrected chi connectivity index (χ0v) is 14.0. The fraction of sp³-hybridized carbons (Fsp3) is 0.200. The summed E-state index contributed by atoms with van der Waals surface area (Å²) in [4.78, 5) is 0.246. The summed E-state index contributed by atoms with van der Waals surface area (Å²) in [6.07, 6.45) is 0. The molecule has 112 valence electrons. The van der Waals surface area contributed by atoms with Gasteiger partial charge in [-0.15, -0.1) is 0 Å². The van der Waals surface area contributed by atoms with Crippen LogP contribution in [0.25, 0.3) is 0 Å². The van der Waals surface area contributed by atoms with Crippen molar-refractivity contribution in [3.63, 3.8) is 0 Å². The molecule has 0 saturated carbocycles. The van der Waals surface area contributed by atoms with E-state index in [4.69, 9.17) is 23.2 Å². The lowest BCUT2D eigenvalue weighted by atomic mass is 10.1. The number of hydrogen-bond donors (Lipinski definition) is 1. The zero-order chi connectivity index (χ0) is 15.6. The minimum Gasteiger partial charge on any atom is -0.207 e. The first-order valence-corrected chi connectivity index (χ1v) is 8.54. The molecule has 0 heterocycles. The van der Waals surface area contributed by atoms with Crippen molar-refractivity contribution in [1.82, 2.24) is 4.72 Å². The fourth-order valence-corrected chi connectivity index (χ4v) is 3.37. The second kappa shape index (κ2) is 6.36. The van der Waals surface area contributed by atoms with Crippen molar-refractivity contribution in [2.24, 2.45) is 0 Å². The average molecular weight is 344 g/mol. The Morgan fingerprint density at radius 2 is 1.71 bits per heavy atom. The lowest BCUT2D eigenvalue weighted by Crippen LogP contribution is -2.23. The smallest absolute Gasteiger partial charge is 0.207 e. The minimum atomic E-state index is -3.57. The van der Waals surface area contributed by atoms with Gasteiger partial charge in [-0.05, 0) is 54.8 Å². The summed E-state index contributed by atoms with van der Waals surface area (Å²) in [5.74, 6) is 0. The Hall–Kier alpha value is -1.07. The molecule has 2 rings (SSSR count). The predicted octanol–water partition coefficient (Wildman–Crippen LogP) is 4.09. The summed E-state index contributed by atoms with van der Waals surface area (Å²) < 4.78 is 27.1. The third-order valence-electron chi connectivity index (χ3n) is 3.26. The van der Waals surface area contributed by atoms with Crippen LogP contribution >= 0.6 is 23.2 Å². The Labute approximate surface area is 135 Å². The van der Waals surface area contributed by atoms with Gasteiger partial charge in [0.05, 0.1) is 4.90 Å². The fourth-order valence-electron chi connectivity index (χ4n) is 1.80. The molecule has 0 aliphatic heterocycles. The van der Waals surface area contributed by atoms with Crippen LogP contribution in [0, 0.1) is 13.8 Å². The van der Waals surface area contributed by atoms with Gasteiger partial charge in [-0.3, -0.25) is 0 Å². The van der Waals surface area contributed by atoms with Gasteiger partial charge in [0.15, 0.2) is 0 Å². The third-order valence-corrected chi connectivity index (χ3v) is 5.24. The molecule has 0 atom stereocenters. The van der Waals surface area contributed by atoms with Crippen molar-refractivity contribution in [2.45, 2.75) is 25.3 Å². The highest BCUT2D eigenvalue weighted by molar-refractivity contribution is 7.89. The van der Waals surface area contributed by atoms with Crippen molar-refractivity contribution in [3.05, 3.63) is 63.1 Å². The van der Waals surface area contributed by atoms with Crippen LogP contribution in [0.4, 0.5) is 0 Å². The van der Waals surface area contributed by atoms with Crippen molar-refractivity contribution in [2.75, 3.05) is 0 Å². The molecule has 0 fully saturated rings. The molecule has 2 aromatic rings. The Bertz CT molecular complexity index is 773. The van der Waals surface area contributed by atoms with Crippen LogP contribution in [0.5, 0.6) is 0 Å². The highest BCUT2D eigenvalue weighted by Gasteiger charge is 2.15. The van der Waals surface area contributed by atoms with Gasteiger partial charge in [-0.25, -0.2) is 13.1 Å². The molecule has 0 bridgehead atoms. The van der Waals surface area contributed by atoms with Gasteiger partial charge < -0.3 is 0 Å². The number of hydrogen-bond acceptors (Lipinski definition) is 2. The quantitative estimate of drug-likeness (QED) is 0.908. The molecule has 0 unspecified atom stereocenters. The van der Waals surface area contributed by atoms with Crippen LogP contribution in [-0.2, 0) is 16.6 Å². The van der Waals surface area contributed by atoms with E-state index in [1.54, 1.807) is 36.4 Å². The summed E-state index contributed by atoms with van der Waals surface area (Å²) in [7, 11) is -3.57. The molecule has 0 radical (unpaired) electrons. The van der Waals surface area contributed by atoms with Crippen LogP contribution in [0.15, 0.2) is 41.3 Å². The highest BCUT2D eigenvalue weighted by Crippen LogP contribution is 2.21. The monoisotopic (exact) mass is 343 g/mol. The van der Waals surface area contributed by atoms with Gasteiger partial charge >= 0.3 is 0 Å². The van der Waals surface area contributed by atoms with Crippen molar-refractivity contribution in [1.29, 1.82) is 0 Å². The maximum absolute atomic E-state index is 12.3. The molecule has 0 saturated heterocycles. The van der Waals surface area contributed by atoms with E-state index in [1.807, 2.05) is 13.8 Å². The van der Waals surface area contributed by atoms with Gasteiger partial charge in [0.1, 0.15) is 0 Å². The van der Waals surface area contributed by atoms with Crippen molar-refractivity contribution >= 4 is 33.2 Å². The van der Waals surface area contributed by atoms with E-state index >= 15 is 0 Å². The first-order valence-electron chi connectivity index (χ1n) is 6.30. The lowest BCUT2D eigenvalue weighted by molar-refractivity contribution is 0.581. The molecular formula is C15H15Cl2NO2S. The van der Waals surface area contributed by atoms with Gasteiger partial charge in [-0.2, -0.15) is 0 Å². The predicted molar refractivity (Wildman–Crippen MR) is 86.4 cm³/mol. The molecular weight excluding hydrogens is 329 g/mol. The van der Waals surface area contributed by atoms with Crippen LogP contribution in [-0.4, -0.2) is 8.42 Å². The first-order chi connectivity index (χ1) is 9.79. The molecule has 0 spiro atoms. The number of rotatable bonds is 4. The third kappa shape index (κ3) is 3.98. The van der Waals surface area contributed by atoms with Gasteiger partial charge in [0, 0.05) is 16.6 Å². The lowest BCUT2D eigenvalue weighted by Gasteiger charge is -2.10. The maximum atomic E-state index is 12.3. The standard InChI is InChI=1S/C15H15Cl2NO2S/c1-10-3-6-14(7-11(10)2)21(19,20)18-9-12-4-5-13(16)8-15(12)17/h3-8,18H,9H2,1-2H3. The summed E-state index contributed by atoms with van der Waals surface area (Å²) >= 11 is 11.8. The number of benzene rings is 2. The molecule has 21 heavy (non-hydrogen) atoms. The van der Waals surface area contributed by atoms with E-state index in [2.05, 4.69) is 4.72 Å². The summed E-state index contributed by atoms with van der Waals surface area (Å²) in [5, 5.41) is 0.950. The molecule has 2 aromatic carbocycles. The maximum Gasteiger partial charge on any atom is 0.240 e. The van der Waals surface area contributed by atoms with Crippen LogP contribution in [0.1, 0.15) is 16.7 Å². The van der Waals surface area contributed by atoms with Gasteiger partial charge in [0.25, 0.3) is 0 Å². The van der Waals surface area contributed by atoms with E-state index in [9.17, 15) is 8.42 Å². The minimum absolute atomic E-state index is 0.116. The number of nitrogens with one attached hydrogen (secondary N) is 1.